The molecule has 0 radical (unpaired) electrons. The molecule has 0 saturated heterocycles. The highest BCUT2D eigenvalue weighted by Gasteiger charge is 2.23. The van der Waals surface area contributed by atoms with Gasteiger partial charge in [0.2, 0.25) is 0 Å². The fourth-order valence-electron chi connectivity index (χ4n) is 2.58. The van der Waals surface area contributed by atoms with Crippen LogP contribution in [-0.4, -0.2) is 12.7 Å². The monoisotopic (exact) mass is 338 g/mol. The van der Waals surface area contributed by atoms with Gasteiger partial charge in [0.15, 0.2) is 0 Å². The van der Waals surface area contributed by atoms with Crippen molar-refractivity contribution in [2.24, 2.45) is 11.8 Å². The first-order valence-electron chi connectivity index (χ1n) is 9.00. The fourth-order valence-corrected chi connectivity index (χ4v) is 2.58. The Labute approximate surface area is 150 Å². The number of hydrogen-bond donors (Lipinski definition) is 0. The SMILES string of the molecule is C=COC=C.C=COCC(CC)CC(CC)C(CCCC)OC=C. The van der Waals surface area contributed by atoms with E-state index in [0.717, 1.165) is 32.3 Å². The van der Waals surface area contributed by atoms with E-state index in [9.17, 15) is 0 Å². The van der Waals surface area contributed by atoms with E-state index < -0.39 is 0 Å². The lowest BCUT2D eigenvalue weighted by atomic mass is 9.85. The van der Waals surface area contributed by atoms with Crippen molar-refractivity contribution in [3.8, 4) is 0 Å². The lowest BCUT2D eigenvalue weighted by molar-refractivity contribution is 0.0533. The van der Waals surface area contributed by atoms with Crippen LogP contribution in [0.3, 0.4) is 0 Å². The van der Waals surface area contributed by atoms with Gasteiger partial charge in [-0.25, -0.2) is 0 Å². The molecule has 3 atom stereocenters. The molecule has 3 heteroatoms. The van der Waals surface area contributed by atoms with E-state index >= 15 is 0 Å². The van der Waals surface area contributed by atoms with Crippen LogP contribution >= 0.6 is 0 Å². The summed E-state index contributed by atoms with van der Waals surface area (Å²) < 4.78 is 15.5. The molecule has 3 nitrogen and oxygen atoms in total. The largest absolute Gasteiger partial charge is 0.502 e. The Morgan fingerprint density at radius 3 is 1.92 bits per heavy atom. The average molecular weight is 339 g/mol. The molecule has 24 heavy (non-hydrogen) atoms. The van der Waals surface area contributed by atoms with Crippen molar-refractivity contribution in [1.29, 1.82) is 0 Å². The van der Waals surface area contributed by atoms with Crippen molar-refractivity contribution in [2.75, 3.05) is 6.61 Å². The van der Waals surface area contributed by atoms with Crippen molar-refractivity contribution in [1.82, 2.24) is 0 Å². The van der Waals surface area contributed by atoms with Crippen LogP contribution in [0.1, 0.15) is 59.3 Å². The molecular weight excluding hydrogens is 300 g/mol. The molecule has 0 aromatic heterocycles. The molecule has 0 fully saturated rings. The van der Waals surface area contributed by atoms with Crippen molar-refractivity contribution in [3.63, 3.8) is 0 Å². The fraction of sp³-hybridized carbons (Fsp3) is 0.619. The van der Waals surface area contributed by atoms with Gasteiger partial charge in [-0.2, -0.15) is 0 Å². The van der Waals surface area contributed by atoms with Crippen LogP contribution in [0.4, 0.5) is 0 Å². The first-order chi connectivity index (χ1) is 11.6. The van der Waals surface area contributed by atoms with Gasteiger partial charge < -0.3 is 14.2 Å². The maximum absolute atomic E-state index is 5.75. The summed E-state index contributed by atoms with van der Waals surface area (Å²) >= 11 is 0. The van der Waals surface area contributed by atoms with Gasteiger partial charge in [0.05, 0.1) is 31.7 Å². The summed E-state index contributed by atoms with van der Waals surface area (Å²) in [6.07, 6.45) is 13.1. The Morgan fingerprint density at radius 2 is 1.54 bits per heavy atom. The van der Waals surface area contributed by atoms with Gasteiger partial charge in [-0.3, -0.25) is 0 Å². The number of hydrogen-bond acceptors (Lipinski definition) is 3. The molecular formula is C21H38O3. The van der Waals surface area contributed by atoms with Crippen LogP contribution in [0.2, 0.25) is 0 Å². The lowest BCUT2D eigenvalue weighted by Crippen LogP contribution is -2.25. The maximum atomic E-state index is 5.75. The summed E-state index contributed by atoms with van der Waals surface area (Å²) in [6.45, 7) is 21.3. The first kappa shape index (κ1) is 24.6. The Kier molecular flexibility index (Phi) is 19.9. The topological polar surface area (TPSA) is 27.7 Å². The van der Waals surface area contributed by atoms with Crippen molar-refractivity contribution in [2.45, 2.75) is 65.4 Å². The molecule has 0 aliphatic carbocycles. The van der Waals surface area contributed by atoms with Gasteiger partial charge in [0.25, 0.3) is 0 Å². The zero-order valence-electron chi connectivity index (χ0n) is 16.0. The highest BCUT2D eigenvalue weighted by atomic mass is 16.5. The van der Waals surface area contributed by atoms with Gasteiger partial charge in [-0.15, -0.1) is 0 Å². The minimum absolute atomic E-state index is 0.306. The second-order valence-corrected chi connectivity index (χ2v) is 5.63. The maximum Gasteiger partial charge on any atom is 0.101 e. The average Bonchev–Trinajstić information content (AvgIpc) is 2.60. The minimum atomic E-state index is 0.306. The van der Waals surface area contributed by atoms with Crippen LogP contribution in [0, 0.1) is 11.8 Å². The second-order valence-electron chi connectivity index (χ2n) is 5.63. The zero-order valence-corrected chi connectivity index (χ0v) is 16.0. The quantitative estimate of drug-likeness (QED) is 0.315. The molecule has 0 amide bonds. The first-order valence-corrected chi connectivity index (χ1v) is 9.00. The molecule has 0 bridgehead atoms. The highest BCUT2D eigenvalue weighted by molar-refractivity contribution is 4.75. The summed E-state index contributed by atoms with van der Waals surface area (Å²) in [5, 5.41) is 0. The number of rotatable bonds is 15. The third-order valence-corrected chi connectivity index (χ3v) is 4.02. The number of ether oxygens (including phenoxy) is 3. The van der Waals surface area contributed by atoms with E-state index in [1.54, 1.807) is 12.5 Å². The van der Waals surface area contributed by atoms with E-state index in [-0.39, 0.29) is 0 Å². The Bertz CT molecular complexity index is 306. The molecule has 140 valence electrons. The molecule has 0 aliphatic rings. The number of unbranched alkanes of at least 4 members (excludes halogenated alkanes) is 1. The summed E-state index contributed by atoms with van der Waals surface area (Å²) in [5.41, 5.74) is 0. The van der Waals surface area contributed by atoms with E-state index in [1.807, 2.05) is 0 Å². The van der Waals surface area contributed by atoms with E-state index in [1.165, 1.54) is 25.4 Å². The molecule has 0 saturated carbocycles. The Morgan fingerprint density at radius 1 is 0.875 bits per heavy atom. The van der Waals surface area contributed by atoms with Gasteiger partial charge in [-0.05, 0) is 31.1 Å². The standard InChI is InChI=1S/C17H32O2.C4H6O/c1-6-11-12-17(19-10-5)16(8-3)13-15(7-2)14-18-9-4;1-3-5-4-2/h9-10,15-17H,4-8,11-14H2,1-3H3;3-4H,1-2H2. The van der Waals surface area contributed by atoms with Crippen molar-refractivity contribution in [3.05, 3.63) is 51.4 Å². The summed E-state index contributed by atoms with van der Waals surface area (Å²) in [5.74, 6) is 1.17. The van der Waals surface area contributed by atoms with Gasteiger partial charge in [0, 0.05) is 0 Å². The predicted molar refractivity (Wildman–Crippen MR) is 104 cm³/mol. The van der Waals surface area contributed by atoms with Crippen LogP contribution in [0.25, 0.3) is 0 Å². The zero-order chi connectivity index (χ0) is 18.6. The van der Waals surface area contributed by atoms with Gasteiger partial charge >= 0.3 is 0 Å². The van der Waals surface area contributed by atoms with Gasteiger partial charge in [0.1, 0.15) is 6.10 Å². The molecule has 0 N–H and O–H groups in total. The van der Waals surface area contributed by atoms with E-state index in [2.05, 4.69) is 51.8 Å². The highest BCUT2D eigenvalue weighted by Crippen LogP contribution is 2.27. The molecule has 3 unspecified atom stereocenters. The minimum Gasteiger partial charge on any atom is -0.502 e. The van der Waals surface area contributed by atoms with E-state index in [0.29, 0.717) is 17.9 Å². The molecule has 0 heterocycles. The second kappa shape index (κ2) is 19.4. The summed E-state index contributed by atoms with van der Waals surface area (Å²) in [7, 11) is 0. The lowest BCUT2D eigenvalue weighted by Gasteiger charge is -2.28. The molecule has 0 aliphatic heterocycles. The van der Waals surface area contributed by atoms with Crippen LogP contribution in [0.15, 0.2) is 51.4 Å². The molecule has 0 spiro atoms. The normalized spacial score (nSPS) is 13.3. The smallest absolute Gasteiger partial charge is 0.101 e. The Balaban J connectivity index is 0. The van der Waals surface area contributed by atoms with E-state index in [4.69, 9.17) is 9.47 Å². The molecule has 0 rings (SSSR count). The van der Waals surface area contributed by atoms with Crippen molar-refractivity contribution < 1.29 is 14.2 Å². The van der Waals surface area contributed by atoms with Crippen LogP contribution in [0.5, 0.6) is 0 Å². The summed E-state index contributed by atoms with van der Waals surface area (Å²) in [4.78, 5) is 0. The molecule has 0 aromatic rings. The van der Waals surface area contributed by atoms with Gasteiger partial charge in [-0.1, -0.05) is 66.3 Å². The third kappa shape index (κ3) is 14.0. The van der Waals surface area contributed by atoms with Crippen molar-refractivity contribution >= 4 is 0 Å². The molecule has 0 aromatic carbocycles. The van der Waals surface area contributed by atoms with Crippen LogP contribution in [-0.2, 0) is 14.2 Å². The predicted octanol–water partition coefficient (Wildman–Crippen LogP) is 6.60. The van der Waals surface area contributed by atoms with Crippen LogP contribution < -0.4 is 0 Å². The third-order valence-electron chi connectivity index (χ3n) is 4.02. The summed E-state index contributed by atoms with van der Waals surface area (Å²) in [6, 6.07) is 0. The Hall–Kier alpha value is -1.64.